The van der Waals surface area contributed by atoms with Crippen LogP contribution in [0, 0.1) is 0 Å². The molecule has 0 aliphatic heterocycles. The lowest BCUT2D eigenvalue weighted by Gasteiger charge is -2.11. The highest BCUT2D eigenvalue weighted by Gasteiger charge is 2.22. The molecular formula is C16H15BrN4. The van der Waals surface area contributed by atoms with E-state index in [0.717, 1.165) is 26.9 Å². The van der Waals surface area contributed by atoms with Crippen molar-refractivity contribution in [2.45, 2.75) is 31.6 Å². The molecule has 3 aromatic heterocycles. The summed E-state index contributed by atoms with van der Waals surface area (Å²) in [6.45, 7) is 0. The topological polar surface area (TPSA) is 54.5 Å². The molecule has 3 heterocycles. The van der Waals surface area contributed by atoms with Gasteiger partial charge < -0.3 is 4.98 Å². The number of aromatic amines is 1. The van der Waals surface area contributed by atoms with Crippen molar-refractivity contribution in [3.05, 3.63) is 40.8 Å². The predicted octanol–water partition coefficient (Wildman–Crippen LogP) is 4.44. The highest BCUT2D eigenvalue weighted by Crippen LogP contribution is 2.36. The molecule has 21 heavy (non-hydrogen) atoms. The number of nitrogens with one attached hydrogen (secondary N) is 1. The zero-order valence-corrected chi connectivity index (χ0v) is 13.1. The number of halogens is 1. The lowest BCUT2D eigenvalue weighted by Crippen LogP contribution is -2.02. The van der Waals surface area contributed by atoms with E-state index in [1.54, 1.807) is 0 Å². The lowest BCUT2D eigenvalue weighted by molar-refractivity contribution is 0.690. The molecule has 0 atom stereocenters. The molecule has 3 aromatic rings. The minimum atomic E-state index is 0.553. The molecule has 0 bridgehead atoms. The van der Waals surface area contributed by atoms with E-state index in [2.05, 4.69) is 30.9 Å². The van der Waals surface area contributed by atoms with Crippen molar-refractivity contribution < 1.29 is 0 Å². The van der Waals surface area contributed by atoms with Crippen LogP contribution in [-0.4, -0.2) is 19.9 Å². The number of rotatable bonds is 2. The van der Waals surface area contributed by atoms with Gasteiger partial charge in [-0.15, -0.1) is 0 Å². The molecule has 4 rings (SSSR count). The summed E-state index contributed by atoms with van der Waals surface area (Å²) in [4.78, 5) is 17.0. The van der Waals surface area contributed by atoms with Crippen LogP contribution in [-0.2, 0) is 0 Å². The number of fused-ring (bicyclic) bond motifs is 1. The van der Waals surface area contributed by atoms with E-state index in [-0.39, 0.29) is 0 Å². The number of hydrogen-bond acceptors (Lipinski definition) is 3. The van der Waals surface area contributed by atoms with Crippen LogP contribution in [0.1, 0.15) is 37.3 Å². The van der Waals surface area contributed by atoms with Gasteiger partial charge in [-0.3, -0.25) is 0 Å². The van der Waals surface area contributed by atoms with Crippen LogP contribution >= 0.6 is 15.9 Å². The van der Waals surface area contributed by atoms with Crippen molar-refractivity contribution in [3.8, 4) is 11.5 Å². The second-order valence-electron chi connectivity index (χ2n) is 5.52. The molecule has 0 aromatic carbocycles. The second-order valence-corrected chi connectivity index (χ2v) is 6.37. The molecule has 4 nitrogen and oxygen atoms in total. The van der Waals surface area contributed by atoms with Gasteiger partial charge in [0.1, 0.15) is 5.69 Å². The molecule has 0 spiro atoms. The summed E-state index contributed by atoms with van der Waals surface area (Å²) < 4.78 is 1.01. The fourth-order valence-corrected chi connectivity index (χ4v) is 3.56. The predicted molar refractivity (Wildman–Crippen MR) is 86.0 cm³/mol. The summed E-state index contributed by atoms with van der Waals surface area (Å²) in [6.07, 6.45) is 8.79. The van der Waals surface area contributed by atoms with Gasteiger partial charge in [-0.05, 0) is 47.0 Å². The van der Waals surface area contributed by atoms with Crippen LogP contribution in [0.15, 0.2) is 35.1 Å². The van der Waals surface area contributed by atoms with Crippen molar-refractivity contribution in [3.63, 3.8) is 0 Å². The van der Waals surface area contributed by atoms with Crippen molar-refractivity contribution in [1.29, 1.82) is 0 Å². The van der Waals surface area contributed by atoms with Gasteiger partial charge >= 0.3 is 0 Å². The van der Waals surface area contributed by atoms with Gasteiger partial charge in [0.05, 0.1) is 21.2 Å². The first-order valence-electron chi connectivity index (χ1n) is 7.28. The Morgan fingerprint density at radius 1 is 1.10 bits per heavy atom. The fraction of sp³-hybridized carbons (Fsp3) is 0.312. The third kappa shape index (κ3) is 2.35. The number of pyridine rings is 1. The van der Waals surface area contributed by atoms with Crippen molar-refractivity contribution in [1.82, 2.24) is 19.9 Å². The summed E-state index contributed by atoms with van der Waals surface area (Å²) in [7, 11) is 0. The van der Waals surface area contributed by atoms with Gasteiger partial charge in [-0.2, -0.15) is 0 Å². The smallest absolute Gasteiger partial charge is 0.178 e. The summed E-state index contributed by atoms with van der Waals surface area (Å²) in [5.74, 6) is 1.26. The summed E-state index contributed by atoms with van der Waals surface area (Å²) in [5, 5.41) is 0. The molecule has 0 saturated heterocycles. The molecule has 1 aliphatic carbocycles. The quantitative estimate of drug-likeness (QED) is 0.748. The maximum Gasteiger partial charge on any atom is 0.178 e. The Balaban J connectivity index is 1.78. The largest absolute Gasteiger partial charge is 0.360 e. The molecule has 1 N–H and O–H groups in total. The molecule has 1 saturated carbocycles. The maximum absolute atomic E-state index is 4.79. The van der Waals surface area contributed by atoms with Gasteiger partial charge in [-0.25, -0.2) is 15.0 Å². The first kappa shape index (κ1) is 13.0. The zero-order chi connectivity index (χ0) is 14.2. The van der Waals surface area contributed by atoms with E-state index in [1.165, 1.54) is 25.7 Å². The van der Waals surface area contributed by atoms with E-state index in [1.807, 2.05) is 30.6 Å². The number of H-pyrrole nitrogens is 1. The summed E-state index contributed by atoms with van der Waals surface area (Å²) in [6, 6.07) is 5.97. The average Bonchev–Trinajstić information content (AvgIpc) is 3.18. The lowest BCUT2D eigenvalue weighted by atomic mass is 10.0. The second kappa shape index (κ2) is 5.22. The van der Waals surface area contributed by atoms with E-state index < -0.39 is 0 Å². The van der Waals surface area contributed by atoms with Crippen molar-refractivity contribution in [2.75, 3.05) is 0 Å². The Labute approximate surface area is 131 Å². The van der Waals surface area contributed by atoms with Gasteiger partial charge in [0.2, 0.25) is 0 Å². The Morgan fingerprint density at radius 3 is 2.81 bits per heavy atom. The standard InChI is InChI=1S/C16H15BrN4/c17-11-9-19-16(21-15(11)10-3-1-2-4-10)14-6-5-12-13(20-14)7-8-18-12/h5-10,18H,1-4H2. The number of aromatic nitrogens is 4. The monoisotopic (exact) mass is 342 g/mol. The molecular weight excluding hydrogens is 328 g/mol. The molecule has 1 fully saturated rings. The fourth-order valence-electron chi connectivity index (χ4n) is 3.05. The van der Waals surface area contributed by atoms with E-state index in [4.69, 9.17) is 4.98 Å². The highest BCUT2D eigenvalue weighted by atomic mass is 79.9. The number of nitrogens with zero attached hydrogens (tertiary/aromatic N) is 3. The minimum Gasteiger partial charge on any atom is -0.360 e. The van der Waals surface area contributed by atoms with Crippen LogP contribution in [0.5, 0.6) is 0 Å². The Bertz CT molecular complexity index is 790. The number of hydrogen-bond donors (Lipinski definition) is 1. The first-order valence-corrected chi connectivity index (χ1v) is 8.07. The normalized spacial score (nSPS) is 15.9. The molecule has 0 amide bonds. The summed E-state index contributed by atoms with van der Waals surface area (Å²) in [5.41, 5.74) is 3.94. The van der Waals surface area contributed by atoms with Crippen LogP contribution in [0.2, 0.25) is 0 Å². The maximum atomic E-state index is 4.79. The first-order chi connectivity index (χ1) is 10.3. The summed E-state index contributed by atoms with van der Waals surface area (Å²) >= 11 is 3.60. The van der Waals surface area contributed by atoms with Crippen LogP contribution in [0.25, 0.3) is 22.6 Å². The van der Waals surface area contributed by atoms with Gasteiger partial charge in [-0.1, -0.05) is 12.8 Å². The average molecular weight is 343 g/mol. The van der Waals surface area contributed by atoms with E-state index >= 15 is 0 Å². The Morgan fingerprint density at radius 2 is 1.95 bits per heavy atom. The third-order valence-corrected chi connectivity index (χ3v) is 4.76. The van der Waals surface area contributed by atoms with E-state index in [9.17, 15) is 0 Å². The Kier molecular flexibility index (Phi) is 3.22. The SMILES string of the molecule is Brc1cnc(-c2ccc3[nH]ccc3n2)nc1C1CCCC1. The van der Waals surface area contributed by atoms with Crippen LogP contribution in [0.3, 0.4) is 0 Å². The van der Waals surface area contributed by atoms with E-state index in [0.29, 0.717) is 11.7 Å². The molecule has 1 aliphatic rings. The van der Waals surface area contributed by atoms with Gasteiger partial charge in [0, 0.05) is 18.3 Å². The molecule has 106 valence electrons. The van der Waals surface area contributed by atoms with Crippen molar-refractivity contribution >= 4 is 27.0 Å². The Hall–Kier alpha value is -1.75. The van der Waals surface area contributed by atoms with Gasteiger partial charge in [0.25, 0.3) is 0 Å². The van der Waals surface area contributed by atoms with Crippen molar-refractivity contribution in [2.24, 2.45) is 0 Å². The zero-order valence-electron chi connectivity index (χ0n) is 11.5. The molecule has 5 heteroatoms. The third-order valence-electron chi connectivity index (χ3n) is 4.15. The van der Waals surface area contributed by atoms with Crippen LogP contribution in [0.4, 0.5) is 0 Å². The van der Waals surface area contributed by atoms with Gasteiger partial charge in [0.15, 0.2) is 5.82 Å². The van der Waals surface area contributed by atoms with Crippen LogP contribution < -0.4 is 0 Å². The minimum absolute atomic E-state index is 0.553. The molecule has 0 unspecified atom stereocenters. The highest BCUT2D eigenvalue weighted by molar-refractivity contribution is 9.10. The molecule has 0 radical (unpaired) electrons.